The van der Waals surface area contributed by atoms with Crippen molar-refractivity contribution < 1.29 is 9.59 Å². The molecule has 4 nitrogen and oxygen atoms in total. The van der Waals surface area contributed by atoms with Gasteiger partial charge in [0.15, 0.2) is 6.29 Å². The summed E-state index contributed by atoms with van der Waals surface area (Å²) in [6, 6.07) is 8.05. The number of amides is 1. The largest absolute Gasteiger partial charge is 0.352 e. The van der Waals surface area contributed by atoms with Crippen molar-refractivity contribution in [2.75, 3.05) is 0 Å². The van der Waals surface area contributed by atoms with Crippen molar-refractivity contribution in [1.82, 2.24) is 9.88 Å². The lowest BCUT2D eigenvalue weighted by Gasteiger charge is -2.08. The molecule has 0 atom stereocenters. The van der Waals surface area contributed by atoms with Gasteiger partial charge in [0.25, 0.3) is 0 Å². The molecule has 1 fully saturated rings. The number of hydrogen-bond acceptors (Lipinski definition) is 2. The molecule has 1 N–H and O–H groups in total. The number of carbonyl (C=O) groups is 2. The predicted octanol–water partition coefficient (Wildman–Crippen LogP) is 2.04. The van der Waals surface area contributed by atoms with Crippen LogP contribution >= 0.6 is 0 Å². The van der Waals surface area contributed by atoms with E-state index in [1.165, 1.54) is 0 Å². The van der Waals surface area contributed by atoms with Crippen molar-refractivity contribution in [2.24, 2.45) is 0 Å². The molecule has 1 aromatic heterocycles. The van der Waals surface area contributed by atoms with Gasteiger partial charge >= 0.3 is 0 Å². The first-order chi connectivity index (χ1) is 9.20. The van der Waals surface area contributed by atoms with Crippen LogP contribution in [0, 0.1) is 6.92 Å². The molecular weight excluding hydrogens is 240 g/mol. The number of aromatic nitrogens is 1. The van der Waals surface area contributed by atoms with E-state index in [0.717, 1.165) is 35.7 Å². The summed E-state index contributed by atoms with van der Waals surface area (Å²) in [5.41, 5.74) is 2.46. The standard InChI is InChI=1S/C15H16N2O2/c1-10-13(9-18)12-4-2-3-5-14(12)17(10)8-15(19)16-11-6-7-11/h2-5,9,11H,6-8H2,1H3,(H,16,19). The third kappa shape index (κ3) is 2.14. The van der Waals surface area contributed by atoms with Gasteiger partial charge in [0.05, 0.1) is 0 Å². The summed E-state index contributed by atoms with van der Waals surface area (Å²) in [7, 11) is 0. The Bertz CT molecular complexity index is 653. The molecular formula is C15H16N2O2. The third-order valence-corrected chi connectivity index (χ3v) is 3.64. The van der Waals surface area contributed by atoms with Gasteiger partial charge in [0.1, 0.15) is 6.54 Å². The second-order valence-corrected chi connectivity index (χ2v) is 5.06. The van der Waals surface area contributed by atoms with Crippen LogP contribution in [-0.4, -0.2) is 22.8 Å². The van der Waals surface area contributed by atoms with Crippen LogP contribution in [0.4, 0.5) is 0 Å². The third-order valence-electron chi connectivity index (χ3n) is 3.64. The van der Waals surface area contributed by atoms with Crippen LogP contribution in [-0.2, 0) is 11.3 Å². The van der Waals surface area contributed by atoms with Crippen molar-refractivity contribution in [3.8, 4) is 0 Å². The molecule has 0 spiro atoms. The van der Waals surface area contributed by atoms with Crippen molar-refractivity contribution in [3.05, 3.63) is 35.5 Å². The number of hydrogen-bond donors (Lipinski definition) is 1. The van der Waals surface area contributed by atoms with E-state index in [9.17, 15) is 9.59 Å². The first-order valence-corrected chi connectivity index (χ1v) is 6.53. The van der Waals surface area contributed by atoms with Crippen molar-refractivity contribution in [2.45, 2.75) is 32.4 Å². The van der Waals surface area contributed by atoms with Crippen molar-refractivity contribution >= 4 is 23.1 Å². The lowest BCUT2D eigenvalue weighted by atomic mass is 10.1. The van der Waals surface area contributed by atoms with Gasteiger partial charge in [-0.2, -0.15) is 0 Å². The van der Waals surface area contributed by atoms with Crippen LogP contribution < -0.4 is 5.32 Å². The Morgan fingerprint density at radius 1 is 1.42 bits per heavy atom. The van der Waals surface area contributed by atoms with Crippen molar-refractivity contribution in [1.29, 1.82) is 0 Å². The Morgan fingerprint density at radius 2 is 2.16 bits per heavy atom. The summed E-state index contributed by atoms with van der Waals surface area (Å²) in [5.74, 6) is 0.0174. The highest BCUT2D eigenvalue weighted by atomic mass is 16.2. The Balaban J connectivity index is 1.99. The van der Waals surface area contributed by atoms with Gasteiger partial charge in [-0.25, -0.2) is 0 Å². The highest BCUT2D eigenvalue weighted by Gasteiger charge is 2.24. The summed E-state index contributed by atoms with van der Waals surface area (Å²) < 4.78 is 1.91. The highest BCUT2D eigenvalue weighted by molar-refractivity contribution is 5.99. The fraction of sp³-hybridized carbons (Fsp3) is 0.333. The maximum atomic E-state index is 11.9. The van der Waals surface area contributed by atoms with Crippen LogP contribution in [0.15, 0.2) is 24.3 Å². The van der Waals surface area contributed by atoms with Crippen molar-refractivity contribution in [3.63, 3.8) is 0 Å². The summed E-state index contributed by atoms with van der Waals surface area (Å²) in [4.78, 5) is 23.2. The molecule has 0 aliphatic heterocycles. The minimum atomic E-state index is 0.0174. The average Bonchev–Trinajstić information content (AvgIpc) is 3.17. The summed E-state index contributed by atoms with van der Waals surface area (Å²) in [6.07, 6.45) is 3.03. The van der Waals surface area contributed by atoms with Gasteiger partial charge in [-0.15, -0.1) is 0 Å². The molecule has 2 aromatic rings. The molecule has 19 heavy (non-hydrogen) atoms. The maximum Gasteiger partial charge on any atom is 0.240 e. The number of benzene rings is 1. The normalized spacial score (nSPS) is 14.6. The number of nitrogens with zero attached hydrogens (tertiary/aromatic N) is 1. The molecule has 0 radical (unpaired) electrons. The zero-order valence-electron chi connectivity index (χ0n) is 10.8. The van der Waals surface area contributed by atoms with Gasteiger partial charge in [0.2, 0.25) is 5.91 Å². The minimum absolute atomic E-state index is 0.0174. The van der Waals surface area contributed by atoms with Crippen LogP contribution in [0.2, 0.25) is 0 Å². The summed E-state index contributed by atoms with van der Waals surface area (Å²) in [5, 5.41) is 3.88. The molecule has 98 valence electrons. The zero-order chi connectivity index (χ0) is 13.4. The van der Waals surface area contributed by atoms with Gasteiger partial charge in [-0.05, 0) is 25.8 Å². The molecule has 0 unspecified atom stereocenters. The number of para-hydroxylation sites is 1. The number of rotatable bonds is 4. The lowest BCUT2D eigenvalue weighted by molar-refractivity contribution is -0.121. The SMILES string of the molecule is Cc1c(C=O)c2ccccc2n1CC(=O)NC1CC1. The Kier molecular flexibility index (Phi) is 2.85. The van der Waals surface area contributed by atoms with E-state index in [2.05, 4.69) is 5.32 Å². The van der Waals surface area contributed by atoms with E-state index in [1.807, 2.05) is 35.8 Å². The fourth-order valence-corrected chi connectivity index (χ4v) is 2.45. The fourth-order valence-electron chi connectivity index (χ4n) is 2.45. The Hall–Kier alpha value is -2.10. The van der Waals surface area contributed by atoms with Gasteiger partial charge in [-0.3, -0.25) is 9.59 Å². The molecule has 4 heteroatoms. The number of fused-ring (bicyclic) bond motifs is 1. The van der Waals surface area contributed by atoms with E-state index in [1.54, 1.807) is 0 Å². The molecule has 1 heterocycles. The second-order valence-electron chi connectivity index (χ2n) is 5.06. The predicted molar refractivity (Wildman–Crippen MR) is 73.2 cm³/mol. The van der Waals surface area contributed by atoms with Crippen LogP contribution in [0.3, 0.4) is 0 Å². The number of carbonyl (C=O) groups excluding carboxylic acids is 2. The lowest BCUT2D eigenvalue weighted by Crippen LogP contribution is -2.29. The maximum absolute atomic E-state index is 11.9. The number of nitrogens with one attached hydrogen (secondary N) is 1. The quantitative estimate of drug-likeness (QED) is 0.851. The Labute approximate surface area is 111 Å². The molecule has 0 saturated heterocycles. The smallest absolute Gasteiger partial charge is 0.240 e. The van der Waals surface area contributed by atoms with E-state index >= 15 is 0 Å². The number of aldehydes is 1. The van der Waals surface area contributed by atoms with E-state index in [0.29, 0.717) is 11.6 Å². The average molecular weight is 256 g/mol. The van der Waals surface area contributed by atoms with Crippen LogP contribution in [0.25, 0.3) is 10.9 Å². The van der Waals surface area contributed by atoms with E-state index < -0.39 is 0 Å². The van der Waals surface area contributed by atoms with Crippen LogP contribution in [0.1, 0.15) is 28.9 Å². The van der Waals surface area contributed by atoms with Gasteiger partial charge < -0.3 is 9.88 Å². The van der Waals surface area contributed by atoms with Crippen LogP contribution in [0.5, 0.6) is 0 Å². The van der Waals surface area contributed by atoms with E-state index in [-0.39, 0.29) is 12.5 Å². The highest BCUT2D eigenvalue weighted by Crippen LogP contribution is 2.24. The van der Waals surface area contributed by atoms with Gasteiger partial charge in [-0.1, -0.05) is 18.2 Å². The second kappa shape index (κ2) is 4.53. The first kappa shape index (κ1) is 12.0. The first-order valence-electron chi connectivity index (χ1n) is 6.53. The Morgan fingerprint density at radius 3 is 2.84 bits per heavy atom. The molecule has 1 aliphatic carbocycles. The zero-order valence-corrected chi connectivity index (χ0v) is 10.8. The minimum Gasteiger partial charge on any atom is -0.352 e. The molecule has 1 amide bonds. The molecule has 1 saturated carbocycles. The van der Waals surface area contributed by atoms with Gasteiger partial charge in [0, 0.05) is 28.2 Å². The molecule has 1 aromatic carbocycles. The summed E-state index contributed by atoms with van der Waals surface area (Å²) >= 11 is 0. The van der Waals surface area contributed by atoms with E-state index in [4.69, 9.17) is 0 Å². The summed E-state index contributed by atoms with van der Waals surface area (Å²) in [6.45, 7) is 2.16. The monoisotopic (exact) mass is 256 g/mol. The topological polar surface area (TPSA) is 51.1 Å². The molecule has 0 bridgehead atoms. The molecule has 3 rings (SSSR count). The molecule has 1 aliphatic rings.